The highest BCUT2D eigenvalue weighted by molar-refractivity contribution is 8.04. The maximum atomic E-state index is 10.7. The fourth-order valence-corrected chi connectivity index (χ4v) is 15.4. The van der Waals surface area contributed by atoms with Crippen LogP contribution in [0.2, 0.25) is 0 Å². The van der Waals surface area contributed by atoms with Crippen LogP contribution in [0, 0.1) is 0 Å². The van der Waals surface area contributed by atoms with E-state index in [4.69, 9.17) is 25.9 Å². The van der Waals surface area contributed by atoms with E-state index in [0.29, 0.717) is 0 Å². The molecule has 2 heterocycles. The van der Waals surface area contributed by atoms with Gasteiger partial charge in [-0.15, -0.1) is 47.0 Å². The van der Waals surface area contributed by atoms with Gasteiger partial charge in [0.05, 0.1) is 8.42 Å². The van der Waals surface area contributed by atoms with Gasteiger partial charge in [0.15, 0.2) is 39.8 Å². The number of hydrogen-bond donors (Lipinski definition) is 0. The molecule has 0 atom stereocenters. The van der Waals surface area contributed by atoms with Crippen LogP contribution in [0.5, 0.6) is 0 Å². The molecule has 6 nitrogen and oxygen atoms in total. The van der Waals surface area contributed by atoms with Crippen molar-refractivity contribution in [3.05, 3.63) is 121 Å². The van der Waals surface area contributed by atoms with E-state index in [1.54, 1.807) is 47.0 Å². The summed E-state index contributed by atoms with van der Waals surface area (Å²) in [4.78, 5) is 10.7. The minimum absolute atomic E-state index is 0.142. The summed E-state index contributed by atoms with van der Waals surface area (Å²) in [5.41, 5.74) is -11.3. The summed E-state index contributed by atoms with van der Waals surface area (Å²) in [5.74, 6) is 0. The molecule has 6 aromatic rings. The number of thiophene rings is 2. The second kappa shape index (κ2) is 22.8. The Kier molecular flexibility index (Phi) is 19.4. The molecule has 0 aliphatic carbocycles. The minimum atomic E-state index is -6.09. The Morgan fingerprint density at radius 3 is 0.820 bits per heavy atom. The molecule has 0 bridgehead atoms. The molecule has 0 aliphatic heterocycles. The molecule has 0 aliphatic rings. The lowest BCUT2D eigenvalue weighted by atomic mass is 10.4. The highest BCUT2D eigenvalue weighted by Crippen LogP contribution is 2.45. The first-order valence-corrected chi connectivity index (χ1v) is 29.2. The van der Waals surface area contributed by atoms with Gasteiger partial charge in [-0.1, -0.05) is 34.4 Å². The van der Waals surface area contributed by atoms with Crippen molar-refractivity contribution in [1.82, 2.24) is 0 Å². The van der Waals surface area contributed by atoms with Crippen molar-refractivity contribution in [1.29, 1.82) is 0 Å². The largest absolute Gasteiger partial charge is 0.741 e. The smallest absolute Gasteiger partial charge is 0.485 e. The van der Waals surface area contributed by atoms with Crippen molar-refractivity contribution in [3.8, 4) is 0 Å². The van der Waals surface area contributed by atoms with Crippen LogP contribution in [0.1, 0.15) is 0 Å². The van der Waals surface area contributed by atoms with E-state index in [2.05, 4.69) is 146 Å². The summed E-state index contributed by atoms with van der Waals surface area (Å²) in [5, 5.41) is 0. The number of hydrogen-bond acceptors (Lipinski definition) is 13. The van der Waals surface area contributed by atoms with E-state index in [0.717, 1.165) is 0 Å². The monoisotopic (exact) mass is 1050 g/mol. The van der Waals surface area contributed by atoms with Gasteiger partial charge < -0.3 is 9.11 Å². The first-order valence-electron chi connectivity index (χ1n) is 16.5. The summed E-state index contributed by atoms with van der Waals surface area (Å²) in [6.45, 7) is 0. The standard InChI is InChI=1S/C36H32S9.2CHF3O3S/c1-37-25-5-13-29(14-6-25)44(30-15-7-26(38-2)8-16-30)35-23-21-33(42-35)41-34-22-24-36(43-34)45(31-17-9-27(39-3)10-18-31)32-19-11-28(40-4)12-20-32;2*2-1(3,4)8(5,6)7/h5-24H,1-4H3;2*(H,5,6,7)/q+2;;/p-2. The van der Waals surface area contributed by atoms with E-state index >= 15 is 0 Å². The van der Waals surface area contributed by atoms with Gasteiger partial charge in [-0.25, -0.2) is 16.8 Å². The van der Waals surface area contributed by atoms with Crippen molar-refractivity contribution in [2.75, 3.05) is 25.0 Å². The molecule has 0 radical (unpaired) electrons. The van der Waals surface area contributed by atoms with Crippen molar-refractivity contribution in [2.45, 2.75) is 67.0 Å². The highest BCUT2D eigenvalue weighted by atomic mass is 32.2. The Morgan fingerprint density at radius 1 is 0.426 bits per heavy atom. The molecule has 4 aromatic carbocycles. The minimum Gasteiger partial charge on any atom is -0.741 e. The Bertz CT molecular complexity index is 2250. The van der Waals surface area contributed by atoms with Crippen LogP contribution in [0.15, 0.2) is 177 Å². The molecule has 0 saturated heterocycles. The molecular weight excluding hydrogens is 1020 g/mol. The fourth-order valence-electron chi connectivity index (χ4n) is 4.62. The second-order valence-corrected chi connectivity index (χ2v) is 25.9. The van der Waals surface area contributed by atoms with Crippen LogP contribution in [0.4, 0.5) is 26.3 Å². The van der Waals surface area contributed by atoms with Gasteiger partial charge in [0, 0.05) is 31.7 Å². The van der Waals surface area contributed by atoms with Gasteiger partial charge in [-0.3, -0.25) is 0 Å². The zero-order chi connectivity index (χ0) is 45.2. The first-order chi connectivity index (χ1) is 28.6. The number of benzene rings is 4. The summed E-state index contributed by atoms with van der Waals surface area (Å²) >= 11 is 12.9. The van der Waals surface area contributed by atoms with Crippen LogP contribution in [-0.4, -0.2) is 62.0 Å². The lowest BCUT2D eigenvalue weighted by molar-refractivity contribution is -0.0522. The molecule has 0 saturated carbocycles. The van der Waals surface area contributed by atoms with E-state index in [-0.39, 0.29) is 21.8 Å². The average Bonchev–Trinajstić information content (AvgIpc) is 3.88. The molecular formula is C38H32F6O6S11. The van der Waals surface area contributed by atoms with Crippen molar-refractivity contribution < 1.29 is 52.3 Å². The van der Waals surface area contributed by atoms with E-state index in [1.165, 1.54) is 56.0 Å². The lowest BCUT2D eigenvalue weighted by Gasteiger charge is -2.08. The fraction of sp³-hybridized carbons (Fsp3) is 0.158. The lowest BCUT2D eigenvalue weighted by Crippen LogP contribution is -2.21. The van der Waals surface area contributed by atoms with Gasteiger partial charge in [-0.05, 0) is 134 Å². The highest BCUT2D eigenvalue weighted by Gasteiger charge is 2.38. The third-order valence-electron chi connectivity index (χ3n) is 7.46. The number of thioether (sulfide) groups is 4. The van der Waals surface area contributed by atoms with E-state index < -0.39 is 31.3 Å². The summed E-state index contributed by atoms with van der Waals surface area (Å²) in [6.07, 6.45) is 8.55. The Hall–Kier alpha value is -1.87. The normalized spacial score (nSPS) is 12.2. The summed E-state index contributed by atoms with van der Waals surface area (Å²) in [6, 6.07) is 45.9. The van der Waals surface area contributed by atoms with Gasteiger partial charge in [0.25, 0.3) is 0 Å². The molecule has 0 amide bonds. The molecule has 61 heavy (non-hydrogen) atoms. The zero-order valence-corrected chi connectivity index (χ0v) is 40.7. The van der Waals surface area contributed by atoms with Crippen LogP contribution < -0.4 is 0 Å². The summed E-state index contributed by atoms with van der Waals surface area (Å²) in [7, 11) is -12.5. The summed E-state index contributed by atoms with van der Waals surface area (Å²) < 4.78 is 123. The van der Waals surface area contributed by atoms with Crippen molar-refractivity contribution in [2.24, 2.45) is 0 Å². The Balaban J connectivity index is 0.000000434. The van der Waals surface area contributed by atoms with Crippen LogP contribution in [-0.2, 0) is 42.0 Å². The molecule has 2 aromatic heterocycles. The van der Waals surface area contributed by atoms with Gasteiger partial charge in [0.2, 0.25) is 8.42 Å². The quantitative estimate of drug-likeness (QED) is 0.0384. The van der Waals surface area contributed by atoms with Crippen LogP contribution in [0.3, 0.4) is 0 Å². The van der Waals surface area contributed by atoms with Crippen molar-refractivity contribution in [3.63, 3.8) is 0 Å². The maximum Gasteiger partial charge on any atom is 0.485 e. The first kappa shape index (κ1) is 51.8. The Labute approximate surface area is 385 Å². The number of halogens is 6. The zero-order valence-electron chi connectivity index (χ0n) is 31.8. The van der Waals surface area contributed by atoms with Crippen molar-refractivity contribution >= 4 is 124 Å². The SMILES string of the molecule is CSc1ccc([S+](c2ccc(SC)cc2)c2ccc(Sc3ccc([S+](c4ccc(SC)cc4)c4ccc(SC)cc4)s3)s2)cc1.O=S(=O)([O-])C(F)(F)F.O=S(=O)([O-])C(F)(F)F. The van der Waals surface area contributed by atoms with Crippen LogP contribution in [0.25, 0.3) is 0 Å². The molecule has 6 rings (SSSR count). The number of rotatable bonds is 12. The Morgan fingerprint density at radius 2 is 0.639 bits per heavy atom. The van der Waals surface area contributed by atoms with Gasteiger partial charge >= 0.3 is 11.0 Å². The number of alkyl halides is 6. The van der Waals surface area contributed by atoms with Gasteiger partial charge in [-0.2, -0.15) is 26.3 Å². The predicted molar refractivity (Wildman–Crippen MR) is 241 cm³/mol. The van der Waals surface area contributed by atoms with E-state index in [9.17, 15) is 26.3 Å². The second-order valence-electron chi connectivity index (χ2n) is 11.4. The van der Waals surface area contributed by atoms with Gasteiger partial charge in [0.1, 0.15) is 21.8 Å². The van der Waals surface area contributed by atoms with Crippen LogP contribution >= 0.6 is 81.5 Å². The topological polar surface area (TPSA) is 114 Å². The molecule has 328 valence electrons. The third-order valence-corrected chi connectivity index (χ3v) is 20.1. The average molecular weight is 1050 g/mol. The molecule has 0 fully saturated rings. The molecule has 0 unspecified atom stereocenters. The maximum absolute atomic E-state index is 10.7. The molecule has 0 N–H and O–H groups in total. The molecule has 0 spiro atoms. The third kappa shape index (κ3) is 15.1. The molecule has 23 heteroatoms. The van der Waals surface area contributed by atoms with E-state index in [1.807, 2.05) is 34.4 Å². The predicted octanol–water partition coefficient (Wildman–Crippen LogP) is 13.1.